The zero-order valence-corrected chi connectivity index (χ0v) is 20.7. The minimum atomic E-state index is 0.588. The van der Waals surface area contributed by atoms with Crippen molar-refractivity contribution in [3.63, 3.8) is 0 Å². The molecule has 9 rings (SSSR count). The van der Waals surface area contributed by atoms with E-state index in [-0.39, 0.29) is 0 Å². The first-order valence-electron chi connectivity index (χ1n) is 13.0. The molecule has 0 amide bonds. The predicted molar refractivity (Wildman–Crippen MR) is 160 cm³/mol. The number of rotatable bonds is 1. The van der Waals surface area contributed by atoms with Gasteiger partial charge in [-0.3, -0.25) is 0 Å². The van der Waals surface area contributed by atoms with Crippen LogP contribution >= 0.6 is 0 Å². The number of furan rings is 1. The van der Waals surface area contributed by atoms with Gasteiger partial charge < -0.3 is 4.42 Å². The van der Waals surface area contributed by atoms with E-state index in [0.717, 1.165) is 76.4 Å². The van der Waals surface area contributed by atoms with Gasteiger partial charge in [0.1, 0.15) is 16.9 Å². The Kier molecular flexibility index (Phi) is 4.02. The average Bonchev–Trinajstić information content (AvgIpc) is 3.40. The molecule has 39 heavy (non-hydrogen) atoms. The maximum atomic E-state index is 6.63. The lowest BCUT2D eigenvalue weighted by molar-refractivity contribution is 0.673. The van der Waals surface area contributed by atoms with Crippen molar-refractivity contribution in [2.75, 3.05) is 0 Å². The van der Waals surface area contributed by atoms with Gasteiger partial charge in [0.05, 0.1) is 16.4 Å². The molecule has 0 aliphatic carbocycles. The quantitative estimate of drug-likeness (QED) is 0.212. The Bertz CT molecular complexity index is 2460. The van der Waals surface area contributed by atoms with E-state index in [9.17, 15) is 0 Å². The summed E-state index contributed by atoms with van der Waals surface area (Å²) in [7, 11) is 0. The third-order valence-corrected chi connectivity index (χ3v) is 7.88. The summed E-state index contributed by atoms with van der Waals surface area (Å²) in [5.74, 6) is 0.588. The minimum absolute atomic E-state index is 0.588. The number of fused-ring (bicyclic) bond motifs is 13. The Morgan fingerprint density at radius 3 is 2.00 bits per heavy atom. The van der Waals surface area contributed by atoms with Crippen LogP contribution in [0.4, 0.5) is 0 Å². The normalized spacial score (nSPS) is 12.1. The fourth-order valence-electron chi connectivity index (χ4n) is 6.18. The molecule has 4 nitrogen and oxygen atoms in total. The lowest BCUT2D eigenvalue weighted by atomic mass is 9.93. The van der Waals surface area contributed by atoms with Crippen molar-refractivity contribution in [2.45, 2.75) is 0 Å². The number of pyridine rings is 1. The van der Waals surface area contributed by atoms with Crippen LogP contribution in [0, 0.1) is 0 Å². The topological polar surface area (TPSA) is 51.8 Å². The maximum Gasteiger partial charge on any atom is 0.179 e. The van der Waals surface area contributed by atoms with Gasteiger partial charge in [-0.15, -0.1) is 0 Å². The van der Waals surface area contributed by atoms with E-state index in [4.69, 9.17) is 19.4 Å². The number of para-hydroxylation sites is 2. The first-order chi connectivity index (χ1) is 19.3. The molecule has 0 aliphatic rings. The molecule has 0 radical (unpaired) electrons. The van der Waals surface area contributed by atoms with Crippen LogP contribution < -0.4 is 0 Å². The van der Waals surface area contributed by atoms with Crippen molar-refractivity contribution >= 4 is 76.1 Å². The van der Waals surface area contributed by atoms with Gasteiger partial charge in [-0.25, -0.2) is 15.0 Å². The van der Waals surface area contributed by atoms with Crippen LogP contribution in [0.2, 0.25) is 0 Å². The summed E-state index contributed by atoms with van der Waals surface area (Å²) in [6, 6.07) is 37.6. The second-order valence-corrected chi connectivity index (χ2v) is 9.99. The van der Waals surface area contributed by atoms with Crippen LogP contribution in [-0.4, -0.2) is 15.0 Å². The Morgan fingerprint density at radius 1 is 0.462 bits per heavy atom. The van der Waals surface area contributed by atoms with Gasteiger partial charge in [-0.1, -0.05) is 91.0 Å². The molecule has 0 saturated heterocycles. The van der Waals surface area contributed by atoms with Gasteiger partial charge in [-0.2, -0.15) is 0 Å². The fourth-order valence-corrected chi connectivity index (χ4v) is 6.18. The summed E-state index contributed by atoms with van der Waals surface area (Å²) in [5.41, 5.74) is 4.20. The van der Waals surface area contributed by atoms with E-state index in [1.165, 1.54) is 5.39 Å². The number of aromatic nitrogens is 3. The van der Waals surface area contributed by atoms with Crippen LogP contribution in [0.3, 0.4) is 0 Å². The molecule has 3 aromatic heterocycles. The largest absolute Gasteiger partial charge is 0.455 e. The van der Waals surface area contributed by atoms with Crippen molar-refractivity contribution in [2.24, 2.45) is 0 Å². The molecule has 180 valence electrons. The second-order valence-electron chi connectivity index (χ2n) is 9.99. The molecule has 0 fully saturated rings. The van der Waals surface area contributed by atoms with Crippen molar-refractivity contribution < 1.29 is 4.42 Å². The Balaban J connectivity index is 1.51. The van der Waals surface area contributed by atoms with Crippen LogP contribution in [0.25, 0.3) is 87.6 Å². The van der Waals surface area contributed by atoms with Gasteiger partial charge >= 0.3 is 0 Å². The van der Waals surface area contributed by atoms with E-state index in [0.29, 0.717) is 5.82 Å². The maximum absolute atomic E-state index is 6.63. The van der Waals surface area contributed by atoms with Gasteiger partial charge in [0.2, 0.25) is 0 Å². The van der Waals surface area contributed by atoms with Crippen molar-refractivity contribution in [3.05, 3.63) is 115 Å². The Labute approximate surface area is 222 Å². The molecule has 0 atom stereocenters. The van der Waals surface area contributed by atoms with E-state index < -0.39 is 0 Å². The summed E-state index contributed by atoms with van der Waals surface area (Å²) >= 11 is 0. The Hall–Kier alpha value is -5.35. The standard InChI is InChI=1S/C35H19N3O/c1-2-10-21-20(9-1)17-18-28-26(21)19-36-35(38-28)33-32-30(24-13-5-7-15-27(24)37-33)22-11-3-4-12-23(22)31-25-14-6-8-16-29(25)39-34(31)32/h1-19H. The summed E-state index contributed by atoms with van der Waals surface area (Å²) in [6.07, 6.45) is 1.93. The highest BCUT2D eigenvalue weighted by Crippen LogP contribution is 2.45. The SMILES string of the molecule is c1ccc2c(c1)ccc1nc(-c3nc4ccccc4c4c5ccccc5c5c6ccccc6oc5c34)ncc12. The van der Waals surface area contributed by atoms with Gasteiger partial charge in [0, 0.05) is 33.1 Å². The number of benzene rings is 6. The van der Waals surface area contributed by atoms with E-state index >= 15 is 0 Å². The molecule has 9 aromatic rings. The van der Waals surface area contributed by atoms with Crippen LogP contribution in [0.15, 0.2) is 120 Å². The lowest BCUT2D eigenvalue weighted by Crippen LogP contribution is -1.96. The molecular weight excluding hydrogens is 478 g/mol. The fraction of sp³-hybridized carbons (Fsp3) is 0. The molecule has 3 heterocycles. The minimum Gasteiger partial charge on any atom is -0.455 e. The average molecular weight is 498 g/mol. The third kappa shape index (κ3) is 2.80. The van der Waals surface area contributed by atoms with Gasteiger partial charge in [0.25, 0.3) is 0 Å². The Morgan fingerprint density at radius 2 is 1.13 bits per heavy atom. The molecule has 0 spiro atoms. The molecule has 4 heteroatoms. The molecule has 0 unspecified atom stereocenters. The smallest absolute Gasteiger partial charge is 0.179 e. The number of hydrogen-bond acceptors (Lipinski definition) is 4. The molecule has 0 saturated carbocycles. The zero-order chi connectivity index (χ0) is 25.5. The predicted octanol–water partition coefficient (Wildman–Crippen LogP) is 9.20. The molecule has 0 bridgehead atoms. The molecule has 6 aromatic carbocycles. The van der Waals surface area contributed by atoms with Crippen molar-refractivity contribution in [1.82, 2.24) is 15.0 Å². The van der Waals surface area contributed by atoms with E-state index in [1.807, 2.05) is 24.4 Å². The summed E-state index contributed by atoms with van der Waals surface area (Å²) in [5, 5.41) is 11.0. The van der Waals surface area contributed by atoms with E-state index in [2.05, 4.69) is 91.0 Å². The van der Waals surface area contributed by atoms with Crippen molar-refractivity contribution in [3.8, 4) is 11.5 Å². The second kappa shape index (κ2) is 7.59. The third-order valence-electron chi connectivity index (χ3n) is 7.88. The molecule has 0 aliphatic heterocycles. The van der Waals surface area contributed by atoms with Crippen LogP contribution in [0.5, 0.6) is 0 Å². The van der Waals surface area contributed by atoms with E-state index in [1.54, 1.807) is 0 Å². The summed E-state index contributed by atoms with van der Waals surface area (Å²) in [4.78, 5) is 15.2. The highest BCUT2D eigenvalue weighted by atomic mass is 16.3. The van der Waals surface area contributed by atoms with Gasteiger partial charge in [-0.05, 0) is 39.7 Å². The molecule has 0 N–H and O–H groups in total. The van der Waals surface area contributed by atoms with Crippen LogP contribution in [0.1, 0.15) is 0 Å². The summed E-state index contributed by atoms with van der Waals surface area (Å²) < 4.78 is 6.63. The monoisotopic (exact) mass is 497 g/mol. The number of nitrogens with zero attached hydrogens (tertiary/aromatic N) is 3. The van der Waals surface area contributed by atoms with Gasteiger partial charge in [0.15, 0.2) is 5.82 Å². The summed E-state index contributed by atoms with van der Waals surface area (Å²) in [6.45, 7) is 0. The van der Waals surface area contributed by atoms with Crippen LogP contribution in [-0.2, 0) is 0 Å². The highest BCUT2D eigenvalue weighted by Gasteiger charge is 2.22. The highest BCUT2D eigenvalue weighted by molar-refractivity contribution is 6.36. The number of hydrogen-bond donors (Lipinski definition) is 0. The first-order valence-corrected chi connectivity index (χ1v) is 13.0. The first kappa shape index (κ1) is 20.7. The lowest BCUT2D eigenvalue weighted by Gasteiger charge is -2.13. The van der Waals surface area contributed by atoms with Crippen molar-refractivity contribution in [1.29, 1.82) is 0 Å². The molecular formula is C35H19N3O. The zero-order valence-electron chi connectivity index (χ0n) is 20.7.